The Morgan fingerprint density at radius 3 is 0.861 bits per heavy atom. The molecule has 30 rings (SSSR count). The molecule has 0 N–H and O–H groups in total. The maximum atomic E-state index is 6.58. The molecule has 8 heterocycles. The largest absolute Gasteiger partial charge is 0.456 e. The fraction of sp³-hybridized carbons (Fsp3) is 0.0448. The fourth-order valence-electron chi connectivity index (χ4n) is 23.6. The first-order valence-electron chi connectivity index (χ1n) is 49.4. The summed E-state index contributed by atoms with van der Waals surface area (Å²) in [7, 11) is 0. The molecule has 0 aliphatic heterocycles. The molecule has 676 valence electrons. The molecule has 8 aromatic heterocycles. The van der Waals surface area contributed by atoms with Gasteiger partial charge in [0.2, 0.25) is 0 Å². The normalized spacial score (nSPS) is 13.0. The molecule has 2 aliphatic rings. The van der Waals surface area contributed by atoms with E-state index in [9.17, 15) is 0 Å². The van der Waals surface area contributed by atoms with Gasteiger partial charge in [-0.25, -0.2) is 19.9 Å². The number of benzene rings is 20. The predicted molar refractivity (Wildman–Crippen MR) is 595 cm³/mol. The van der Waals surface area contributed by atoms with E-state index in [4.69, 9.17) is 28.8 Å². The average Bonchev–Trinajstić information content (AvgIpc) is 1.50. The van der Waals surface area contributed by atoms with Gasteiger partial charge in [0.05, 0.1) is 66.9 Å². The number of hydrogen-bond acceptors (Lipinski definition) is 6. The molecule has 0 saturated heterocycles. The maximum absolute atomic E-state index is 6.58. The van der Waals surface area contributed by atoms with Crippen LogP contribution in [0.4, 0.5) is 0 Å². The number of para-hydroxylation sites is 4. The molecule has 144 heavy (non-hydrogen) atoms. The third-order valence-electron chi connectivity index (χ3n) is 30.6. The minimum absolute atomic E-state index is 0.110. The van der Waals surface area contributed by atoms with Crippen molar-refractivity contribution in [2.24, 2.45) is 0 Å². The van der Waals surface area contributed by atoms with E-state index < -0.39 is 0 Å². The van der Waals surface area contributed by atoms with E-state index in [1.54, 1.807) is 0 Å². The molecule has 0 radical (unpaired) electrons. The molecular weight excluding hydrogens is 1750 g/mol. The summed E-state index contributed by atoms with van der Waals surface area (Å²) in [6.45, 7) is 9.45. The van der Waals surface area contributed by atoms with Crippen LogP contribution < -0.4 is 0 Å². The summed E-state index contributed by atoms with van der Waals surface area (Å²) >= 11 is 0. The zero-order valence-electron chi connectivity index (χ0n) is 79.3. The predicted octanol–water partition coefficient (Wildman–Crippen LogP) is 35.1. The third kappa shape index (κ3) is 13.0. The Morgan fingerprint density at radius 2 is 0.458 bits per heavy atom. The summed E-state index contributed by atoms with van der Waals surface area (Å²) in [4.78, 5) is 20.7. The zero-order chi connectivity index (χ0) is 95.3. The number of aromatic nitrogens is 8. The van der Waals surface area contributed by atoms with E-state index in [0.29, 0.717) is 11.6 Å². The Bertz CT molecular complexity index is 9510. The van der Waals surface area contributed by atoms with Crippen molar-refractivity contribution in [2.45, 2.75) is 38.5 Å². The highest BCUT2D eigenvalue weighted by Gasteiger charge is 2.39. The maximum Gasteiger partial charge on any atom is 0.160 e. The van der Waals surface area contributed by atoms with Gasteiger partial charge in [0.15, 0.2) is 11.6 Å². The second-order valence-corrected chi connectivity index (χ2v) is 39.5. The van der Waals surface area contributed by atoms with E-state index in [0.717, 1.165) is 172 Å². The molecule has 0 amide bonds. The van der Waals surface area contributed by atoms with Crippen LogP contribution in [0.2, 0.25) is 0 Å². The van der Waals surface area contributed by atoms with Crippen LogP contribution in [0.5, 0.6) is 0 Å². The number of furan rings is 2. The summed E-state index contributed by atoms with van der Waals surface area (Å²) in [5, 5.41) is 14.0. The molecule has 0 unspecified atom stereocenters. The van der Waals surface area contributed by atoms with Gasteiger partial charge in [-0.1, -0.05) is 319 Å². The highest BCUT2D eigenvalue weighted by atomic mass is 16.3. The van der Waals surface area contributed by atoms with Gasteiger partial charge in [0, 0.05) is 144 Å². The van der Waals surface area contributed by atoms with E-state index in [2.05, 4.69) is 458 Å². The molecular formula is C134H88N8O2. The van der Waals surface area contributed by atoms with Crippen molar-refractivity contribution >= 4 is 131 Å². The highest BCUT2D eigenvalue weighted by Crippen LogP contribution is 2.55. The van der Waals surface area contributed by atoms with Crippen LogP contribution in [0.25, 0.3) is 266 Å². The van der Waals surface area contributed by atoms with Crippen molar-refractivity contribution in [3.05, 3.63) is 483 Å². The summed E-state index contributed by atoms with van der Waals surface area (Å²) in [5.74, 6) is 1.36. The zero-order valence-corrected chi connectivity index (χ0v) is 79.3. The molecule has 2 aliphatic carbocycles. The minimum atomic E-state index is -0.111. The van der Waals surface area contributed by atoms with Crippen molar-refractivity contribution in [3.8, 4) is 135 Å². The Hall–Kier alpha value is -18.6. The van der Waals surface area contributed by atoms with Crippen LogP contribution in [-0.4, -0.2) is 38.2 Å². The lowest BCUT2D eigenvalue weighted by molar-refractivity contribution is 0.661. The fourth-order valence-corrected chi connectivity index (χ4v) is 23.6. The van der Waals surface area contributed by atoms with Crippen molar-refractivity contribution in [2.75, 3.05) is 0 Å². The standard InChI is InChI=1S/2C67H44N4O/c1-67(2)56-27-14-12-25-48(56)50-36-53-51-34-43(29-31-60(51)70(62(53)38-57(50)67)46-22-10-5-11-23-46)44-30-32-61-52(35-44)54-37-55-49-26-13-15-28-64(49)72-65(55)40-63(54)71(61)47-24-16-21-45(33-47)59-39-58(41-17-6-3-7-18-41)68-66(69-59)42-19-8-4-9-20-42;1-67(2)56-27-14-12-25-48(56)50-36-53-51-34-43(29-31-60(51)70(62(53)38-57(50)67)46-22-10-5-11-23-46)44-30-32-61-52(35-44)54-37-55-49-26-13-15-28-64(49)72-65(55)40-63(54)71(61)47-24-16-21-45(33-47)66-68-58(41-17-6-3-7-18-41)39-59(69-66)42-19-8-4-9-20-42/h2*3-40H,1-2H3. The Balaban J connectivity index is 0.000000137. The quantitative estimate of drug-likeness (QED) is 0.121. The molecule has 10 nitrogen and oxygen atoms in total. The van der Waals surface area contributed by atoms with Crippen molar-refractivity contribution in [1.82, 2.24) is 38.2 Å². The number of rotatable bonds is 12. The van der Waals surface area contributed by atoms with Crippen LogP contribution in [0, 0.1) is 0 Å². The minimum Gasteiger partial charge on any atom is -0.456 e. The molecule has 0 saturated carbocycles. The van der Waals surface area contributed by atoms with E-state index in [1.165, 1.54) is 105 Å². The first-order valence-corrected chi connectivity index (χ1v) is 49.4. The molecule has 28 aromatic rings. The van der Waals surface area contributed by atoms with Gasteiger partial charge in [-0.15, -0.1) is 0 Å². The smallest absolute Gasteiger partial charge is 0.160 e. The van der Waals surface area contributed by atoms with Gasteiger partial charge in [-0.05, 0) is 224 Å². The average molecular weight is 1840 g/mol. The van der Waals surface area contributed by atoms with Gasteiger partial charge >= 0.3 is 0 Å². The van der Waals surface area contributed by atoms with Gasteiger partial charge in [0.1, 0.15) is 22.3 Å². The lowest BCUT2D eigenvalue weighted by Crippen LogP contribution is -2.14. The second-order valence-electron chi connectivity index (χ2n) is 39.5. The van der Waals surface area contributed by atoms with Gasteiger partial charge in [-0.2, -0.15) is 0 Å². The molecule has 0 bridgehead atoms. The lowest BCUT2D eigenvalue weighted by Gasteiger charge is -2.21. The second kappa shape index (κ2) is 32.0. The van der Waals surface area contributed by atoms with Crippen molar-refractivity contribution in [3.63, 3.8) is 0 Å². The lowest BCUT2D eigenvalue weighted by atomic mass is 9.82. The summed E-state index contributed by atoms with van der Waals surface area (Å²) in [5.41, 5.74) is 41.8. The topological polar surface area (TPSA) is 97.6 Å². The number of fused-ring (bicyclic) bond motifs is 24. The van der Waals surface area contributed by atoms with Crippen molar-refractivity contribution in [1.29, 1.82) is 0 Å². The Morgan fingerprint density at radius 1 is 0.167 bits per heavy atom. The molecule has 0 fully saturated rings. The Kier molecular flexibility index (Phi) is 18.3. The van der Waals surface area contributed by atoms with E-state index in [1.807, 2.05) is 48.5 Å². The van der Waals surface area contributed by atoms with Crippen molar-refractivity contribution < 1.29 is 8.83 Å². The SMILES string of the molecule is CC1(C)c2ccccc2-c2cc3c4cc(-c5ccc6c(c5)c5cc7c(cc5n6-c5cccc(-c6cc(-c8ccccc8)nc(-c8ccccc8)n6)c5)oc5ccccc57)ccc4n(-c4ccccc4)c3cc21.CC1(C)c2ccccc2-c2cc3c4cc(-c5ccc6c(c5)c5cc7c(cc5n6-c5cccc(-c6nc(-c8ccccc8)cc(-c8ccccc8)n6)c5)oc5ccccc57)ccc4n(-c4ccccc4)c3cc21. The number of nitrogens with zero attached hydrogens (tertiary/aromatic N) is 8. The Labute approximate surface area is 829 Å². The van der Waals surface area contributed by atoms with Crippen LogP contribution >= 0.6 is 0 Å². The number of hydrogen-bond donors (Lipinski definition) is 0. The molecule has 10 heteroatoms. The molecule has 0 atom stereocenters. The summed E-state index contributed by atoms with van der Waals surface area (Å²) in [6.07, 6.45) is 0. The first-order chi connectivity index (χ1) is 70.8. The summed E-state index contributed by atoms with van der Waals surface area (Å²) < 4.78 is 22.8. The first kappa shape index (κ1) is 82.4. The van der Waals surface area contributed by atoms with E-state index in [-0.39, 0.29) is 10.8 Å². The highest BCUT2D eigenvalue weighted by molar-refractivity contribution is 6.22. The van der Waals surface area contributed by atoms with Gasteiger partial charge < -0.3 is 27.1 Å². The van der Waals surface area contributed by atoms with Crippen LogP contribution in [0.1, 0.15) is 49.9 Å². The van der Waals surface area contributed by atoms with Gasteiger partial charge in [0.25, 0.3) is 0 Å². The van der Waals surface area contributed by atoms with Crippen LogP contribution in [-0.2, 0) is 10.8 Å². The molecule has 0 spiro atoms. The van der Waals surface area contributed by atoms with Gasteiger partial charge in [-0.3, -0.25) is 0 Å². The summed E-state index contributed by atoms with van der Waals surface area (Å²) in [6, 6.07) is 166. The monoisotopic (exact) mass is 1840 g/mol. The molecule has 20 aromatic carbocycles. The van der Waals surface area contributed by atoms with Crippen LogP contribution in [0.3, 0.4) is 0 Å². The third-order valence-corrected chi connectivity index (χ3v) is 30.6. The van der Waals surface area contributed by atoms with Crippen LogP contribution in [0.15, 0.2) is 470 Å². The van der Waals surface area contributed by atoms with E-state index >= 15 is 0 Å².